The van der Waals surface area contributed by atoms with E-state index in [9.17, 15) is 0 Å². The van der Waals surface area contributed by atoms with E-state index >= 15 is 0 Å². The molecule has 10 heteroatoms. The highest BCUT2D eigenvalue weighted by Crippen LogP contribution is 2.45. The summed E-state index contributed by atoms with van der Waals surface area (Å²) in [5.41, 5.74) is 7.11. The van der Waals surface area contributed by atoms with Gasteiger partial charge >= 0.3 is 0 Å². The molecular formula is C14H14Cl2IN4O2P. The van der Waals surface area contributed by atoms with Gasteiger partial charge in [0.25, 0.3) is 0 Å². The standard InChI is InChI=1S/C14H14Cl2IN4O2P/c1-22-8-5-9(23-2)12(16)10(11(8)15)7-4-3-6(13(18)19)14(20-7)21-24-17/h3-5,24H,1-2H3,(H3,18,19)(H,20,21). The molecule has 128 valence electrons. The Balaban J connectivity index is 2.71. The van der Waals surface area contributed by atoms with Crippen molar-refractivity contribution in [3.05, 3.63) is 33.8 Å². The van der Waals surface area contributed by atoms with E-state index in [2.05, 4.69) is 32.1 Å². The minimum atomic E-state index is -0.0772. The lowest BCUT2D eigenvalue weighted by atomic mass is 10.1. The van der Waals surface area contributed by atoms with Crippen molar-refractivity contribution in [2.75, 3.05) is 19.3 Å². The second-order valence-corrected chi connectivity index (χ2v) is 7.32. The number of ether oxygens (including phenoxy) is 2. The fourth-order valence-corrected chi connectivity index (χ4v) is 3.81. The first-order valence-corrected chi connectivity index (χ1v) is 11.4. The van der Waals surface area contributed by atoms with Gasteiger partial charge in [0.2, 0.25) is 0 Å². The van der Waals surface area contributed by atoms with Crippen molar-refractivity contribution in [2.45, 2.75) is 0 Å². The lowest BCUT2D eigenvalue weighted by Gasteiger charge is -2.16. The lowest BCUT2D eigenvalue weighted by molar-refractivity contribution is 0.395. The van der Waals surface area contributed by atoms with E-state index in [0.29, 0.717) is 50.6 Å². The summed E-state index contributed by atoms with van der Waals surface area (Å²) in [6.45, 7) is 0. The highest BCUT2D eigenvalue weighted by atomic mass is 127. The van der Waals surface area contributed by atoms with Crippen LogP contribution in [0.2, 0.25) is 10.0 Å². The molecule has 1 aromatic heterocycles. The zero-order chi connectivity index (χ0) is 17.9. The Bertz CT molecular complexity index is 764. The molecule has 1 atom stereocenters. The molecule has 1 unspecified atom stereocenters. The van der Waals surface area contributed by atoms with Crippen LogP contribution >= 0.6 is 51.6 Å². The number of nitrogens with two attached hydrogens (primary N) is 1. The van der Waals surface area contributed by atoms with Crippen LogP contribution in [-0.2, 0) is 0 Å². The number of aromatic nitrogens is 1. The van der Waals surface area contributed by atoms with E-state index < -0.39 is 0 Å². The van der Waals surface area contributed by atoms with Crippen molar-refractivity contribution in [2.24, 2.45) is 5.73 Å². The minimum Gasteiger partial charge on any atom is -0.495 e. The van der Waals surface area contributed by atoms with Gasteiger partial charge in [-0.1, -0.05) is 23.2 Å². The van der Waals surface area contributed by atoms with E-state index in [1.807, 2.05) is 0 Å². The van der Waals surface area contributed by atoms with Crippen molar-refractivity contribution < 1.29 is 9.47 Å². The van der Waals surface area contributed by atoms with Gasteiger partial charge in [0.05, 0.1) is 35.5 Å². The van der Waals surface area contributed by atoms with Gasteiger partial charge < -0.3 is 20.3 Å². The van der Waals surface area contributed by atoms with Gasteiger partial charge in [0, 0.05) is 18.0 Å². The third kappa shape index (κ3) is 3.79. The quantitative estimate of drug-likeness (QED) is 0.232. The van der Waals surface area contributed by atoms with E-state index in [-0.39, 0.29) is 5.84 Å². The van der Waals surface area contributed by atoms with Crippen molar-refractivity contribution in [3.63, 3.8) is 0 Å². The molecule has 0 fully saturated rings. The summed E-state index contributed by atoms with van der Waals surface area (Å²) >= 11 is 15.0. The van der Waals surface area contributed by atoms with Gasteiger partial charge in [-0.25, -0.2) is 4.98 Å². The number of methoxy groups -OCH3 is 2. The Kier molecular flexibility index (Phi) is 6.74. The molecule has 0 amide bonds. The molecule has 2 aromatic rings. The third-order valence-electron chi connectivity index (χ3n) is 3.18. The summed E-state index contributed by atoms with van der Waals surface area (Å²) in [4.78, 5) is 4.52. The maximum absolute atomic E-state index is 7.65. The molecule has 0 aliphatic carbocycles. The summed E-state index contributed by atoms with van der Waals surface area (Å²) in [6.07, 6.45) is 0.358. The van der Waals surface area contributed by atoms with Crippen LogP contribution < -0.4 is 20.3 Å². The second kappa shape index (κ2) is 8.38. The van der Waals surface area contributed by atoms with E-state index in [4.69, 9.17) is 43.8 Å². The lowest BCUT2D eigenvalue weighted by Crippen LogP contribution is -2.13. The number of rotatable bonds is 6. The minimum absolute atomic E-state index is 0.0772. The molecule has 0 radical (unpaired) electrons. The SMILES string of the molecule is COc1cc(OC)c(Cl)c(-c2ccc(C(=N)N)c(NPI)n2)c1Cl. The summed E-state index contributed by atoms with van der Waals surface area (Å²) in [5, 5.41) is 11.4. The number of nitrogens with zero attached hydrogens (tertiary/aromatic N) is 1. The molecule has 0 saturated carbocycles. The Labute approximate surface area is 164 Å². The Hall–Kier alpha value is -1.02. The first kappa shape index (κ1) is 19.3. The number of benzene rings is 1. The van der Waals surface area contributed by atoms with Crippen molar-refractivity contribution in [1.29, 1.82) is 5.41 Å². The first-order valence-electron chi connectivity index (χ1n) is 6.52. The third-order valence-corrected chi connectivity index (χ3v) is 5.07. The van der Waals surface area contributed by atoms with Crippen molar-refractivity contribution in [1.82, 2.24) is 4.98 Å². The van der Waals surface area contributed by atoms with Gasteiger partial charge in [-0.15, -0.1) is 0 Å². The highest BCUT2D eigenvalue weighted by molar-refractivity contribution is 14.2. The molecule has 0 spiro atoms. The van der Waals surface area contributed by atoms with Gasteiger partial charge in [0.1, 0.15) is 23.2 Å². The largest absolute Gasteiger partial charge is 0.495 e. The molecule has 2 rings (SSSR count). The molecule has 1 heterocycles. The van der Waals surface area contributed by atoms with Crippen LogP contribution in [-0.4, -0.2) is 25.0 Å². The fourth-order valence-electron chi connectivity index (χ4n) is 2.07. The molecule has 24 heavy (non-hydrogen) atoms. The summed E-state index contributed by atoms with van der Waals surface area (Å²) in [7, 11) is 3.02. The normalized spacial score (nSPS) is 10.9. The molecule has 4 N–H and O–H groups in total. The summed E-state index contributed by atoms with van der Waals surface area (Å²) in [5.74, 6) is 1.26. The summed E-state index contributed by atoms with van der Waals surface area (Å²) < 4.78 is 10.6. The first-order chi connectivity index (χ1) is 11.4. The predicted octanol–water partition coefficient (Wildman–Crippen LogP) is 4.71. The second-order valence-electron chi connectivity index (χ2n) is 4.51. The van der Waals surface area contributed by atoms with Crippen LogP contribution in [0.25, 0.3) is 11.3 Å². The van der Waals surface area contributed by atoms with Crippen molar-refractivity contribution in [3.8, 4) is 22.8 Å². The molecule has 0 aliphatic heterocycles. The highest BCUT2D eigenvalue weighted by Gasteiger charge is 2.21. The smallest absolute Gasteiger partial charge is 0.141 e. The Morgan fingerprint density at radius 2 is 1.83 bits per heavy atom. The summed E-state index contributed by atoms with van der Waals surface area (Å²) in [6, 6.07) is 5.01. The average Bonchev–Trinajstić information content (AvgIpc) is 2.55. The van der Waals surface area contributed by atoms with Crippen LogP contribution in [0.1, 0.15) is 5.56 Å². The van der Waals surface area contributed by atoms with Crippen LogP contribution in [0, 0.1) is 5.41 Å². The van der Waals surface area contributed by atoms with Crippen LogP contribution in [0.15, 0.2) is 18.2 Å². The number of hydrogen-bond acceptors (Lipinski definition) is 5. The van der Waals surface area contributed by atoms with Gasteiger partial charge in [-0.3, -0.25) is 5.41 Å². The number of hydrogen-bond donors (Lipinski definition) is 3. The maximum Gasteiger partial charge on any atom is 0.141 e. The number of nitrogens with one attached hydrogen (secondary N) is 2. The number of amidine groups is 1. The van der Waals surface area contributed by atoms with E-state index in [1.54, 1.807) is 18.2 Å². The molecular weight excluding hydrogens is 485 g/mol. The fraction of sp³-hybridized carbons (Fsp3) is 0.143. The topological polar surface area (TPSA) is 93.2 Å². The molecule has 6 nitrogen and oxygen atoms in total. The Morgan fingerprint density at radius 1 is 1.25 bits per heavy atom. The van der Waals surface area contributed by atoms with Crippen LogP contribution in [0.4, 0.5) is 5.82 Å². The van der Waals surface area contributed by atoms with Gasteiger partial charge in [-0.2, -0.15) is 0 Å². The molecule has 0 aliphatic rings. The van der Waals surface area contributed by atoms with Gasteiger partial charge in [-0.05, 0) is 34.2 Å². The van der Waals surface area contributed by atoms with E-state index in [0.717, 1.165) is 0 Å². The predicted molar refractivity (Wildman–Crippen MR) is 110 cm³/mol. The van der Waals surface area contributed by atoms with Crippen molar-refractivity contribution >= 4 is 63.3 Å². The maximum atomic E-state index is 7.65. The molecule has 0 bridgehead atoms. The number of pyridine rings is 1. The van der Waals surface area contributed by atoms with Crippen LogP contribution in [0.3, 0.4) is 0 Å². The average molecular weight is 499 g/mol. The zero-order valence-corrected chi connectivity index (χ0v) is 17.4. The number of halogens is 3. The van der Waals surface area contributed by atoms with Crippen LogP contribution in [0.5, 0.6) is 11.5 Å². The Morgan fingerprint density at radius 3 is 2.29 bits per heavy atom. The monoisotopic (exact) mass is 498 g/mol. The molecule has 1 aromatic carbocycles. The van der Waals surface area contributed by atoms with E-state index in [1.165, 1.54) is 14.2 Å². The zero-order valence-electron chi connectivity index (χ0n) is 12.7. The van der Waals surface area contributed by atoms with Gasteiger partial charge in [0.15, 0.2) is 0 Å². The number of nitrogen functional groups attached to an aromatic ring is 1. The molecule has 0 saturated heterocycles. The number of anilines is 1.